The number of rotatable bonds is 6. The van der Waals surface area contributed by atoms with E-state index in [0.717, 1.165) is 6.07 Å². The van der Waals surface area contributed by atoms with E-state index in [1.54, 1.807) is 97.1 Å². The van der Waals surface area contributed by atoms with Crippen molar-refractivity contribution in [2.75, 3.05) is 0 Å². The van der Waals surface area contributed by atoms with Gasteiger partial charge in [-0.25, -0.2) is 0 Å². The van der Waals surface area contributed by atoms with E-state index >= 15 is 0 Å². The summed E-state index contributed by atoms with van der Waals surface area (Å²) in [5.41, 5.74) is 0.752. The van der Waals surface area contributed by atoms with E-state index in [-0.39, 0.29) is 39.2 Å². The average molecular weight is 1180 g/mol. The molecule has 17 heteroatoms. The molecule has 0 unspecified atom stereocenters. The third-order valence-electron chi connectivity index (χ3n) is 8.12. The monoisotopic (exact) mass is 1180 g/mol. The second-order valence-electron chi connectivity index (χ2n) is 12.4. The summed E-state index contributed by atoms with van der Waals surface area (Å²) < 4.78 is 11.1. The molecule has 1 N–H and O–H groups in total. The summed E-state index contributed by atoms with van der Waals surface area (Å²) >= 11 is 0. The summed E-state index contributed by atoms with van der Waals surface area (Å²) in [4.78, 5) is 19.4. The molecule has 460 valence electrons. The Bertz CT molecular complexity index is 3190. The zero-order chi connectivity index (χ0) is 69.0. The van der Waals surface area contributed by atoms with Gasteiger partial charge in [-0.05, 0) is 78.9 Å². The van der Waals surface area contributed by atoms with Crippen molar-refractivity contribution in [3.63, 3.8) is 0 Å². The van der Waals surface area contributed by atoms with Crippen LogP contribution >= 0.6 is 0 Å². The molecule has 0 aliphatic heterocycles. The van der Waals surface area contributed by atoms with Crippen LogP contribution in [0.3, 0.4) is 0 Å². The van der Waals surface area contributed by atoms with Crippen LogP contribution in [0.15, 0.2) is 164 Å². The summed E-state index contributed by atoms with van der Waals surface area (Å²) in [5, 5.41) is 99.0. The highest BCUT2D eigenvalue weighted by atomic mass is 16.6. The second kappa shape index (κ2) is 68.9. The highest BCUT2D eigenvalue weighted by Crippen LogP contribution is 2.27. The lowest BCUT2D eigenvalue weighted by molar-refractivity contribution is -0.385. The third-order valence-corrected chi connectivity index (χ3v) is 8.12. The maximum atomic E-state index is 10.4. The van der Waals surface area contributed by atoms with Crippen molar-refractivity contribution in [2.45, 2.75) is 138 Å². The molecule has 0 aliphatic carbocycles. The van der Waals surface area contributed by atoms with Crippen LogP contribution in [0.1, 0.15) is 183 Å². The van der Waals surface area contributed by atoms with Gasteiger partial charge in [0.15, 0.2) is 0 Å². The molecule has 7 aromatic carbocycles. The number of nitrogens with zero attached hydrogens (tertiary/aromatic N) is 10. The van der Waals surface area contributed by atoms with Crippen molar-refractivity contribution in [1.82, 2.24) is 0 Å². The molecule has 7 aromatic rings. The number of ether oxygens (including phenoxy) is 2. The Labute approximate surface area is 520 Å². The molecule has 0 fully saturated rings. The molecule has 87 heavy (non-hydrogen) atoms. The predicted molar refractivity (Wildman–Crippen MR) is 351 cm³/mol. The van der Waals surface area contributed by atoms with Gasteiger partial charge in [0, 0.05) is 18.2 Å². The number of phenolic OH excluding ortho intramolecular Hbond substituents is 1. The minimum absolute atomic E-state index is 0.0247. The van der Waals surface area contributed by atoms with Crippen LogP contribution in [-0.4, -0.2) is 15.0 Å². The van der Waals surface area contributed by atoms with Gasteiger partial charge in [-0.3, -0.25) is 20.2 Å². The first-order valence-corrected chi connectivity index (χ1v) is 28.7. The number of aromatic hydroxyl groups is 1. The zero-order valence-corrected chi connectivity index (χ0v) is 54.5. The smallest absolute Gasteiger partial charge is 0.288 e. The van der Waals surface area contributed by atoms with Crippen molar-refractivity contribution in [3.8, 4) is 77.3 Å². The normalized spacial score (nSPS) is 7.45. The van der Waals surface area contributed by atoms with Crippen molar-refractivity contribution in [3.05, 3.63) is 229 Å². The molecule has 0 bridgehead atoms. The van der Waals surface area contributed by atoms with Gasteiger partial charge in [0.05, 0.1) is 43.2 Å². The molecular formula is C70H88N10O7. The van der Waals surface area contributed by atoms with Gasteiger partial charge in [0.2, 0.25) is 0 Å². The summed E-state index contributed by atoms with van der Waals surface area (Å²) in [5.74, 6) is 2.60. The van der Waals surface area contributed by atoms with Crippen LogP contribution in [0.2, 0.25) is 0 Å². The minimum atomic E-state index is -0.681. The minimum Gasteiger partial charge on any atom is -0.508 e. The third kappa shape index (κ3) is 40.5. The Balaban J connectivity index is -0.000000141. The van der Waals surface area contributed by atoms with Crippen molar-refractivity contribution in [1.29, 1.82) is 42.1 Å². The van der Waals surface area contributed by atoms with Gasteiger partial charge in [0.25, 0.3) is 11.4 Å². The number of non-ortho nitro benzene ring substituents is 1. The number of nitriles is 8. The Kier molecular flexibility index (Phi) is 73.0. The maximum absolute atomic E-state index is 10.4. The van der Waals surface area contributed by atoms with E-state index in [2.05, 4.69) is 0 Å². The van der Waals surface area contributed by atoms with Crippen molar-refractivity contribution in [2.24, 2.45) is 0 Å². The number of hydrogen-bond acceptors (Lipinski definition) is 15. The summed E-state index contributed by atoms with van der Waals surface area (Å²) in [6.45, 7) is 40.0. The molecule has 0 saturated heterocycles. The van der Waals surface area contributed by atoms with Crippen LogP contribution in [-0.2, 0) is 0 Å². The lowest BCUT2D eigenvalue weighted by Gasteiger charge is -2.07. The number of hydrogen-bond donors (Lipinski definition) is 1. The fourth-order valence-corrected chi connectivity index (χ4v) is 5.01. The number of benzene rings is 7. The van der Waals surface area contributed by atoms with Crippen molar-refractivity contribution >= 4 is 11.4 Å². The predicted octanol–water partition coefficient (Wildman–Crippen LogP) is 20.8. The van der Waals surface area contributed by atoms with Crippen LogP contribution in [0, 0.1) is 111 Å². The fourth-order valence-electron chi connectivity index (χ4n) is 5.01. The molecule has 0 aliphatic rings. The number of para-hydroxylation sites is 3. The highest BCUT2D eigenvalue weighted by molar-refractivity contribution is 5.58. The molecule has 0 radical (unpaired) electrons. The lowest BCUT2D eigenvalue weighted by atomic mass is 10.1. The first-order chi connectivity index (χ1) is 42.5. The largest absolute Gasteiger partial charge is 0.508 e. The number of nitro benzene ring substituents is 2. The zero-order valence-electron chi connectivity index (χ0n) is 54.5. The standard InChI is InChI=1S/2C14H8N2O.2C8H3N3O2.C6H6O.10C2H6/c15-9-11-5-4-8-14(13(11)10-16)17-12-6-2-1-3-7-12;15-9-11-6-7-14(8-12(11)10-16)17-13-4-2-1-3-5-13;9-4-6-1-2-8(11(12)13)3-7(6)5-10;9-4-6-2-1-3-8(11(12)13)7(6)5-10;7-6-4-2-1-3-5-6;10*1-2/h2*1-8H;2*1-3H;1-5,7H;10*1-2H3. The summed E-state index contributed by atoms with van der Waals surface area (Å²) in [6, 6.07) is 59.1. The Morgan fingerprint density at radius 2 is 0.667 bits per heavy atom. The molecular weight excluding hydrogens is 1090 g/mol. The molecule has 0 heterocycles. The number of phenols is 1. The first-order valence-electron chi connectivity index (χ1n) is 28.7. The molecule has 0 amide bonds. The van der Waals surface area contributed by atoms with Gasteiger partial charge in [-0.1, -0.05) is 205 Å². The van der Waals surface area contributed by atoms with Crippen LogP contribution < -0.4 is 9.47 Å². The van der Waals surface area contributed by atoms with Crippen molar-refractivity contribution < 1.29 is 24.4 Å². The SMILES string of the molecule is CC.CC.CC.CC.CC.CC.CC.CC.CC.CC.N#Cc1ccc(Oc2ccccc2)cc1C#N.N#Cc1ccc([N+](=O)[O-])cc1C#N.N#Cc1cccc(Oc2ccccc2)c1C#N.N#Cc1cccc([N+](=O)[O-])c1C#N.Oc1ccccc1. The average Bonchev–Trinajstić information content (AvgIpc) is 3.79. The lowest BCUT2D eigenvalue weighted by Crippen LogP contribution is -1.94. The molecule has 0 spiro atoms. The Morgan fingerprint density at radius 3 is 1.01 bits per heavy atom. The maximum Gasteiger partial charge on any atom is 0.288 e. The summed E-state index contributed by atoms with van der Waals surface area (Å²) in [6.07, 6.45) is 0. The van der Waals surface area contributed by atoms with E-state index in [0.29, 0.717) is 45.4 Å². The topological polar surface area (TPSA) is 315 Å². The van der Waals surface area contributed by atoms with E-state index in [1.165, 1.54) is 30.3 Å². The van der Waals surface area contributed by atoms with E-state index < -0.39 is 9.85 Å². The van der Waals surface area contributed by atoms with Gasteiger partial charge in [0.1, 0.15) is 88.4 Å². The second-order valence-corrected chi connectivity index (χ2v) is 12.4. The first kappa shape index (κ1) is 92.1. The molecule has 0 atom stereocenters. The van der Waals surface area contributed by atoms with E-state index in [4.69, 9.17) is 56.7 Å². The summed E-state index contributed by atoms with van der Waals surface area (Å²) in [7, 11) is 0. The van der Waals surface area contributed by atoms with Gasteiger partial charge in [-0.2, -0.15) is 42.1 Å². The number of nitro groups is 2. The van der Waals surface area contributed by atoms with Crippen LogP contribution in [0.4, 0.5) is 11.4 Å². The Hall–Kier alpha value is -11.3. The molecule has 7 rings (SSSR count). The van der Waals surface area contributed by atoms with E-state index in [1.807, 2.05) is 217 Å². The van der Waals surface area contributed by atoms with Gasteiger partial charge < -0.3 is 14.6 Å². The van der Waals surface area contributed by atoms with Crippen LogP contribution in [0.25, 0.3) is 0 Å². The van der Waals surface area contributed by atoms with E-state index in [9.17, 15) is 20.2 Å². The van der Waals surface area contributed by atoms with Crippen LogP contribution in [0.5, 0.6) is 28.7 Å². The fraction of sp³-hybridized carbons (Fsp3) is 0.286. The Morgan fingerprint density at radius 1 is 0.322 bits per heavy atom. The molecule has 0 aromatic heterocycles. The van der Waals surface area contributed by atoms with Gasteiger partial charge in [-0.15, -0.1) is 0 Å². The molecule has 17 nitrogen and oxygen atoms in total. The highest BCUT2D eigenvalue weighted by Gasteiger charge is 2.16. The quantitative estimate of drug-likeness (QED) is 0.119. The molecule has 0 saturated carbocycles. The van der Waals surface area contributed by atoms with Gasteiger partial charge >= 0.3 is 0 Å².